The number of rotatable bonds is 5. The van der Waals surface area contributed by atoms with Crippen molar-refractivity contribution in [2.45, 2.75) is 45.9 Å². The van der Waals surface area contributed by atoms with Gasteiger partial charge in [-0.15, -0.1) is 0 Å². The Kier molecular flexibility index (Phi) is 4.80. The molecule has 1 fully saturated rings. The minimum absolute atomic E-state index is 0.383. The van der Waals surface area contributed by atoms with Crippen LogP contribution in [0.5, 0.6) is 0 Å². The van der Waals surface area contributed by atoms with Gasteiger partial charge in [-0.2, -0.15) is 0 Å². The highest BCUT2D eigenvalue weighted by Crippen LogP contribution is 2.19. The minimum Gasteiger partial charge on any atom is -0.465 e. The molecular weight excluding hydrogens is 228 g/mol. The Bertz CT molecular complexity index is 374. The average molecular weight is 252 g/mol. The summed E-state index contributed by atoms with van der Waals surface area (Å²) in [6.45, 7) is 8.39. The second-order valence-electron chi connectivity index (χ2n) is 4.95. The van der Waals surface area contributed by atoms with Crippen molar-refractivity contribution in [2.75, 3.05) is 19.7 Å². The standard InChI is InChI=1S/C14H24N2O2/c1-3-17-13-5-4-6-16(9-13)10-14-7-12(8-15)11(2)18-14/h7,13H,3-6,8-10,15H2,1-2H3. The van der Waals surface area contributed by atoms with E-state index in [1.807, 2.05) is 6.92 Å². The van der Waals surface area contributed by atoms with Crippen molar-refractivity contribution in [2.24, 2.45) is 5.73 Å². The molecule has 18 heavy (non-hydrogen) atoms. The molecule has 1 aromatic rings. The van der Waals surface area contributed by atoms with E-state index in [0.29, 0.717) is 12.6 Å². The number of likely N-dealkylation sites (tertiary alicyclic amines) is 1. The number of hydrogen-bond acceptors (Lipinski definition) is 4. The van der Waals surface area contributed by atoms with Gasteiger partial charge in [0.2, 0.25) is 0 Å². The molecule has 2 N–H and O–H groups in total. The van der Waals surface area contributed by atoms with Crippen molar-refractivity contribution in [3.63, 3.8) is 0 Å². The number of furan rings is 1. The van der Waals surface area contributed by atoms with Crippen LogP contribution >= 0.6 is 0 Å². The smallest absolute Gasteiger partial charge is 0.118 e. The molecule has 0 radical (unpaired) electrons. The second-order valence-corrected chi connectivity index (χ2v) is 4.95. The molecular formula is C14H24N2O2. The number of nitrogens with two attached hydrogens (primary N) is 1. The van der Waals surface area contributed by atoms with Crippen LogP contribution in [-0.4, -0.2) is 30.7 Å². The summed E-state index contributed by atoms with van der Waals surface area (Å²) in [6.07, 6.45) is 2.76. The van der Waals surface area contributed by atoms with Gasteiger partial charge in [0, 0.05) is 25.3 Å². The molecule has 1 atom stereocenters. The number of nitrogens with zero attached hydrogens (tertiary/aromatic N) is 1. The molecule has 0 bridgehead atoms. The van der Waals surface area contributed by atoms with Crippen LogP contribution in [0.25, 0.3) is 0 Å². The first kappa shape index (κ1) is 13.6. The van der Waals surface area contributed by atoms with Crippen LogP contribution in [0.4, 0.5) is 0 Å². The Morgan fingerprint density at radius 1 is 1.56 bits per heavy atom. The predicted octanol–water partition coefficient (Wildman–Crippen LogP) is 2.05. The molecule has 1 aliphatic heterocycles. The lowest BCUT2D eigenvalue weighted by atomic mass is 10.1. The van der Waals surface area contributed by atoms with Gasteiger partial charge in [-0.3, -0.25) is 4.90 Å². The van der Waals surface area contributed by atoms with Crippen LogP contribution < -0.4 is 5.73 Å². The quantitative estimate of drug-likeness (QED) is 0.871. The summed E-state index contributed by atoms with van der Waals surface area (Å²) in [4.78, 5) is 2.41. The third-order valence-corrected chi connectivity index (χ3v) is 3.54. The molecule has 0 saturated carbocycles. The van der Waals surface area contributed by atoms with E-state index < -0.39 is 0 Å². The van der Waals surface area contributed by atoms with Crippen LogP contribution in [-0.2, 0) is 17.8 Å². The predicted molar refractivity (Wildman–Crippen MR) is 71.3 cm³/mol. The molecule has 2 rings (SSSR count). The summed E-state index contributed by atoms with van der Waals surface area (Å²) in [5.74, 6) is 1.97. The van der Waals surface area contributed by atoms with Gasteiger partial charge >= 0.3 is 0 Å². The monoisotopic (exact) mass is 252 g/mol. The summed E-state index contributed by atoms with van der Waals surface area (Å²) in [7, 11) is 0. The van der Waals surface area contributed by atoms with Gasteiger partial charge in [0.15, 0.2) is 0 Å². The van der Waals surface area contributed by atoms with Crippen molar-refractivity contribution in [1.82, 2.24) is 4.90 Å². The fourth-order valence-corrected chi connectivity index (χ4v) is 2.62. The molecule has 0 aliphatic carbocycles. The van der Waals surface area contributed by atoms with Gasteiger partial charge in [-0.1, -0.05) is 0 Å². The minimum atomic E-state index is 0.383. The fraction of sp³-hybridized carbons (Fsp3) is 0.714. The first-order valence-corrected chi connectivity index (χ1v) is 6.85. The highest BCUT2D eigenvalue weighted by molar-refractivity contribution is 5.20. The summed E-state index contributed by atoms with van der Waals surface area (Å²) in [6, 6.07) is 2.08. The van der Waals surface area contributed by atoms with Crippen LogP contribution in [0, 0.1) is 6.92 Å². The Labute approximate surface area is 109 Å². The average Bonchev–Trinajstić information content (AvgIpc) is 2.70. The van der Waals surface area contributed by atoms with E-state index in [1.165, 1.54) is 12.8 Å². The van der Waals surface area contributed by atoms with Gasteiger partial charge in [-0.25, -0.2) is 0 Å². The third kappa shape index (κ3) is 3.34. The molecule has 2 heterocycles. The molecule has 102 valence electrons. The molecule has 1 aromatic heterocycles. The zero-order chi connectivity index (χ0) is 13.0. The molecule has 1 unspecified atom stereocenters. The number of ether oxygens (including phenoxy) is 1. The maximum Gasteiger partial charge on any atom is 0.118 e. The second kappa shape index (κ2) is 6.36. The van der Waals surface area contributed by atoms with E-state index >= 15 is 0 Å². The third-order valence-electron chi connectivity index (χ3n) is 3.54. The number of aryl methyl sites for hydroxylation is 1. The first-order chi connectivity index (χ1) is 8.72. The molecule has 0 aromatic carbocycles. The van der Waals surface area contributed by atoms with Gasteiger partial charge < -0.3 is 14.9 Å². The van der Waals surface area contributed by atoms with Crippen molar-refractivity contribution in [1.29, 1.82) is 0 Å². The lowest BCUT2D eigenvalue weighted by Gasteiger charge is -2.31. The molecule has 0 spiro atoms. The van der Waals surface area contributed by atoms with Gasteiger partial charge in [0.1, 0.15) is 11.5 Å². The Hall–Kier alpha value is -0.840. The Morgan fingerprint density at radius 2 is 2.39 bits per heavy atom. The van der Waals surface area contributed by atoms with Crippen molar-refractivity contribution < 1.29 is 9.15 Å². The maximum atomic E-state index is 5.74. The van der Waals surface area contributed by atoms with E-state index in [9.17, 15) is 0 Å². The summed E-state index contributed by atoms with van der Waals surface area (Å²) in [5, 5.41) is 0. The summed E-state index contributed by atoms with van der Waals surface area (Å²) in [5.41, 5.74) is 6.78. The van der Waals surface area contributed by atoms with E-state index in [2.05, 4.69) is 17.9 Å². The maximum absolute atomic E-state index is 5.74. The largest absolute Gasteiger partial charge is 0.465 e. The van der Waals surface area contributed by atoms with Crippen LogP contribution in [0.2, 0.25) is 0 Å². The zero-order valence-electron chi connectivity index (χ0n) is 11.4. The van der Waals surface area contributed by atoms with Crippen molar-refractivity contribution >= 4 is 0 Å². The molecule has 1 aliphatic rings. The van der Waals surface area contributed by atoms with Crippen LogP contribution in [0.1, 0.15) is 36.8 Å². The SMILES string of the molecule is CCOC1CCCN(Cc2cc(CN)c(C)o2)C1. The number of piperidine rings is 1. The van der Waals surface area contributed by atoms with Gasteiger partial charge in [0.25, 0.3) is 0 Å². The molecule has 1 saturated heterocycles. The Morgan fingerprint density at radius 3 is 3.06 bits per heavy atom. The van der Waals surface area contributed by atoms with E-state index in [4.69, 9.17) is 14.9 Å². The van der Waals surface area contributed by atoms with Crippen LogP contribution in [0.15, 0.2) is 10.5 Å². The summed E-state index contributed by atoms with van der Waals surface area (Å²) < 4.78 is 11.4. The lowest BCUT2D eigenvalue weighted by molar-refractivity contribution is 0.00196. The fourth-order valence-electron chi connectivity index (χ4n) is 2.62. The van der Waals surface area contributed by atoms with Gasteiger partial charge in [0.05, 0.1) is 12.6 Å². The first-order valence-electron chi connectivity index (χ1n) is 6.85. The normalized spacial score (nSPS) is 21.4. The van der Waals surface area contributed by atoms with E-state index in [0.717, 1.165) is 43.3 Å². The molecule has 0 amide bonds. The molecule has 4 heteroatoms. The Balaban J connectivity index is 1.91. The highest BCUT2D eigenvalue weighted by atomic mass is 16.5. The highest BCUT2D eigenvalue weighted by Gasteiger charge is 2.21. The summed E-state index contributed by atoms with van der Waals surface area (Å²) >= 11 is 0. The lowest BCUT2D eigenvalue weighted by Crippen LogP contribution is -2.39. The van der Waals surface area contributed by atoms with Crippen molar-refractivity contribution in [3.05, 3.63) is 23.2 Å². The topological polar surface area (TPSA) is 51.6 Å². The van der Waals surface area contributed by atoms with Crippen LogP contribution in [0.3, 0.4) is 0 Å². The van der Waals surface area contributed by atoms with Gasteiger partial charge in [-0.05, 0) is 39.3 Å². The zero-order valence-corrected chi connectivity index (χ0v) is 11.4. The van der Waals surface area contributed by atoms with E-state index in [1.54, 1.807) is 0 Å². The number of hydrogen-bond donors (Lipinski definition) is 1. The van der Waals surface area contributed by atoms with E-state index in [-0.39, 0.29) is 0 Å². The van der Waals surface area contributed by atoms with Crippen molar-refractivity contribution in [3.8, 4) is 0 Å². The molecule has 4 nitrogen and oxygen atoms in total.